The number of nitrogens with zero attached hydrogens (tertiary/aromatic N) is 2. The highest BCUT2D eigenvalue weighted by atomic mass is 35.5. The summed E-state index contributed by atoms with van der Waals surface area (Å²) in [6, 6.07) is 12.3. The summed E-state index contributed by atoms with van der Waals surface area (Å²) < 4.78 is 18.7. The molecule has 2 aromatic rings. The average Bonchev–Trinajstić information content (AvgIpc) is 2.84. The Kier molecular flexibility index (Phi) is 9.63. The van der Waals surface area contributed by atoms with E-state index < -0.39 is 18.0 Å². The summed E-state index contributed by atoms with van der Waals surface area (Å²) in [5.74, 6) is -0.930. The number of ether oxygens (including phenoxy) is 1. The number of hydrogen-bond donors (Lipinski definition) is 2. The minimum absolute atomic E-state index is 0.0556. The predicted molar refractivity (Wildman–Crippen MR) is 135 cm³/mol. The molecule has 0 aliphatic carbocycles. The van der Waals surface area contributed by atoms with Crippen molar-refractivity contribution in [3.8, 4) is 0 Å². The van der Waals surface area contributed by atoms with Crippen LogP contribution in [0.5, 0.6) is 0 Å². The summed E-state index contributed by atoms with van der Waals surface area (Å²) in [6.45, 7) is 3.70. The molecule has 0 radical (unpaired) electrons. The molecular formula is C26H34ClFN4O3. The lowest BCUT2D eigenvalue weighted by molar-refractivity contribution is -0.141. The number of carbonyl (C=O) groups excluding carboxylic acids is 2. The zero-order valence-electron chi connectivity index (χ0n) is 20.4. The van der Waals surface area contributed by atoms with Crippen LogP contribution in [0.2, 0.25) is 5.02 Å². The highest BCUT2D eigenvalue weighted by Gasteiger charge is 2.39. The molecule has 0 spiro atoms. The van der Waals surface area contributed by atoms with E-state index >= 15 is 0 Å². The van der Waals surface area contributed by atoms with Gasteiger partial charge in [-0.1, -0.05) is 42.8 Å². The second kappa shape index (κ2) is 12.4. The van der Waals surface area contributed by atoms with Crippen molar-refractivity contribution in [2.75, 3.05) is 40.4 Å². The third kappa shape index (κ3) is 6.79. The van der Waals surface area contributed by atoms with E-state index in [1.54, 1.807) is 38.4 Å². The highest BCUT2D eigenvalue weighted by molar-refractivity contribution is 6.30. The molecule has 4 atom stereocenters. The Morgan fingerprint density at radius 2 is 1.83 bits per heavy atom. The molecule has 9 heteroatoms. The number of halogens is 2. The van der Waals surface area contributed by atoms with E-state index in [-0.39, 0.29) is 23.7 Å². The van der Waals surface area contributed by atoms with Gasteiger partial charge in [-0.05, 0) is 48.9 Å². The molecule has 4 unspecified atom stereocenters. The fourth-order valence-corrected chi connectivity index (χ4v) is 4.94. The molecule has 2 aromatic carbocycles. The molecule has 1 heterocycles. The number of nitrogens with one attached hydrogen (secondary N) is 1. The van der Waals surface area contributed by atoms with Gasteiger partial charge < -0.3 is 20.7 Å². The lowest BCUT2D eigenvalue weighted by Crippen LogP contribution is -2.63. The maximum Gasteiger partial charge on any atom is 0.240 e. The van der Waals surface area contributed by atoms with Crippen molar-refractivity contribution in [3.63, 3.8) is 0 Å². The van der Waals surface area contributed by atoms with Crippen LogP contribution >= 0.6 is 11.6 Å². The number of benzene rings is 2. The second-order valence-corrected chi connectivity index (χ2v) is 9.43. The van der Waals surface area contributed by atoms with Gasteiger partial charge in [0.25, 0.3) is 0 Å². The third-order valence-electron chi connectivity index (χ3n) is 6.71. The quantitative estimate of drug-likeness (QED) is 0.519. The van der Waals surface area contributed by atoms with Crippen molar-refractivity contribution in [2.45, 2.75) is 37.4 Å². The van der Waals surface area contributed by atoms with E-state index in [4.69, 9.17) is 22.1 Å². The summed E-state index contributed by atoms with van der Waals surface area (Å²) in [5.41, 5.74) is 7.70. The van der Waals surface area contributed by atoms with E-state index in [2.05, 4.69) is 5.32 Å². The normalized spacial score (nSPS) is 19.2. The fourth-order valence-electron chi connectivity index (χ4n) is 4.82. The van der Waals surface area contributed by atoms with Gasteiger partial charge in [-0.3, -0.25) is 14.5 Å². The first-order valence-electron chi connectivity index (χ1n) is 11.7. The van der Waals surface area contributed by atoms with Crippen molar-refractivity contribution in [1.82, 2.24) is 15.1 Å². The van der Waals surface area contributed by atoms with Gasteiger partial charge in [-0.15, -0.1) is 0 Å². The van der Waals surface area contributed by atoms with E-state index in [9.17, 15) is 14.0 Å². The van der Waals surface area contributed by atoms with E-state index in [1.807, 2.05) is 28.9 Å². The first-order chi connectivity index (χ1) is 16.7. The summed E-state index contributed by atoms with van der Waals surface area (Å²) in [4.78, 5) is 29.9. The standard InChI is InChI=1S/C26H34ClFN4O3/c1-17(19-6-8-20(27)9-7-19)24(25(29)33)31-12-13-32(22(15-31)16-35-3)26(34)23(30-2)14-18-4-10-21(28)11-5-18/h4-11,17,22-24,30H,12-16H2,1-3H3,(H2,29,33). The van der Waals surface area contributed by atoms with Crippen LogP contribution in [0.25, 0.3) is 0 Å². The zero-order chi connectivity index (χ0) is 25.5. The monoisotopic (exact) mass is 504 g/mol. The zero-order valence-corrected chi connectivity index (χ0v) is 21.2. The van der Waals surface area contributed by atoms with Gasteiger partial charge in [0.05, 0.1) is 24.7 Å². The number of carbonyl (C=O) groups is 2. The molecule has 7 nitrogen and oxygen atoms in total. The summed E-state index contributed by atoms with van der Waals surface area (Å²) >= 11 is 6.03. The Labute approximate surface area is 211 Å². The molecule has 3 N–H and O–H groups in total. The fraction of sp³-hybridized carbons (Fsp3) is 0.462. The molecule has 35 heavy (non-hydrogen) atoms. The SMILES string of the molecule is CNC(Cc1ccc(F)cc1)C(=O)N1CCN(C(C(N)=O)C(C)c2ccc(Cl)cc2)CC1COC. The number of amides is 2. The van der Waals surface area contributed by atoms with Gasteiger partial charge in [-0.25, -0.2) is 4.39 Å². The van der Waals surface area contributed by atoms with Gasteiger partial charge in [0.1, 0.15) is 5.82 Å². The molecule has 2 amide bonds. The van der Waals surface area contributed by atoms with Crippen LogP contribution in [-0.4, -0.2) is 80.1 Å². The molecule has 3 rings (SSSR count). The van der Waals surface area contributed by atoms with E-state index in [1.165, 1.54) is 12.1 Å². The van der Waals surface area contributed by atoms with Crippen molar-refractivity contribution < 1.29 is 18.7 Å². The number of methoxy groups -OCH3 is 1. The van der Waals surface area contributed by atoms with Crippen LogP contribution in [0.4, 0.5) is 4.39 Å². The number of hydrogen-bond acceptors (Lipinski definition) is 5. The van der Waals surface area contributed by atoms with Gasteiger partial charge in [0.15, 0.2) is 0 Å². The van der Waals surface area contributed by atoms with Crippen LogP contribution in [-0.2, 0) is 20.7 Å². The number of piperazine rings is 1. The first-order valence-corrected chi connectivity index (χ1v) is 12.1. The van der Waals surface area contributed by atoms with Gasteiger partial charge in [0.2, 0.25) is 11.8 Å². The lowest BCUT2D eigenvalue weighted by Gasteiger charge is -2.45. The van der Waals surface area contributed by atoms with Crippen molar-refractivity contribution >= 4 is 23.4 Å². The molecular weight excluding hydrogens is 471 g/mol. The summed E-state index contributed by atoms with van der Waals surface area (Å²) in [7, 11) is 3.34. The Morgan fingerprint density at radius 1 is 1.17 bits per heavy atom. The van der Waals surface area contributed by atoms with Gasteiger partial charge in [-0.2, -0.15) is 0 Å². The largest absolute Gasteiger partial charge is 0.382 e. The van der Waals surface area contributed by atoms with Crippen LogP contribution < -0.4 is 11.1 Å². The van der Waals surface area contributed by atoms with Gasteiger partial charge >= 0.3 is 0 Å². The molecule has 0 aromatic heterocycles. The Morgan fingerprint density at radius 3 is 2.40 bits per heavy atom. The van der Waals surface area contributed by atoms with Crippen LogP contribution in [0, 0.1) is 5.82 Å². The van der Waals surface area contributed by atoms with Crippen LogP contribution in [0.3, 0.4) is 0 Å². The number of likely N-dealkylation sites (N-methyl/N-ethyl adjacent to an activating group) is 1. The van der Waals surface area contributed by atoms with Crippen molar-refractivity contribution in [1.29, 1.82) is 0 Å². The summed E-state index contributed by atoms with van der Waals surface area (Å²) in [5, 5.41) is 3.73. The summed E-state index contributed by atoms with van der Waals surface area (Å²) in [6.07, 6.45) is 0.438. The Balaban J connectivity index is 1.75. The maximum absolute atomic E-state index is 13.5. The minimum atomic E-state index is -0.535. The van der Waals surface area contributed by atoms with Crippen molar-refractivity contribution in [3.05, 3.63) is 70.5 Å². The second-order valence-electron chi connectivity index (χ2n) is 9.00. The molecule has 0 saturated carbocycles. The lowest BCUT2D eigenvalue weighted by atomic mass is 9.90. The van der Waals surface area contributed by atoms with Crippen molar-refractivity contribution in [2.24, 2.45) is 5.73 Å². The average molecular weight is 505 g/mol. The van der Waals surface area contributed by atoms with E-state index in [0.29, 0.717) is 37.7 Å². The molecule has 1 saturated heterocycles. The van der Waals surface area contributed by atoms with Crippen LogP contribution in [0.15, 0.2) is 48.5 Å². The Bertz CT molecular complexity index is 989. The third-order valence-corrected chi connectivity index (χ3v) is 6.96. The number of nitrogens with two attached hydrogens (primary N) is 1. The van der Waals surface area contributed by atoms with Gasteiger partial charge in [0, 0.05) is 37.7 Å². The highest BCUT2D eigenvalue weighted by Crippen LogP contribution is 2.27. The van der Waals surface area contributed by atoms with Crippen LogP contribution in [0.1, 0.15) is 24.0 Å². The molecule has 1 aliphatic heterocycles. The first kappa shape index (κ1) is 27.1. The molecule has 190 valence electrons. The number of rotatable bonds is 10. The maximum atomic E-state index is 13.5. The topological polar surface area (TPSA) is 87.9 Å². The van der Waals surface area contributed by atoms with E-state index in [0.717, 1.165) is 11.1 Å². The molecule has 1 aliphatic rings. The number of primary amides is 1. The smallest absolute Gasteiger partial charge is 0.240 e. The Hall–Kier alpha value is -2.52. The molecule has 0 bridgehead atoms. The predicted octanol–water partition coefficient (Wildman–Crippen LogP) is 2.43. The minimum Gasteiger partial charge on any atom is -0.382 e. The molecule has 1 fully saturated rings.